The number of rotatable bonds is 2. The molecule has 10 heavy (non-hydrogen) atoms. The second kappa shape index (κ2) is 3.94. The molecule has 0 bridgehead atoms. The first-order chi connectivity index (χ1) is 4.83. The van der Waals surface area contributed by atoms with E-state index in [-0.39, 0.29) is 0 Å². The van der Waals surface area contributed by atoms with Crippen molar-refractivity contribution in [3.05, 3.63) is 0 Å². The van der Waals surface area contributed by atoms with Crippen LogP contribution in [0.15, 0.2) is 0 Å². The molecule has 0 amide bonds. The van der Waals surface area contributed by atoms with E-state index in [9.17, 15) is 0 Å². The molecule has 1 rings (SSSR count). The average molecular weight is 143 g/mol. The molecule has 0 aromatic carbocycles. The average Bonchev–Trinajstić information content (AvgIpc) is 1.95. The highest BCUT2D eigenvalue weighted by Crippen LogP contribution is 2.24. The van der Waals surface area contributed by atoms with E-state index in [0.717, 1.165) is 5.92 Å². The van der Waals surface area contributed by atoms with Crippen molar-refractivity contribution < 1.29 is 4.84 Å². The fraction of sp³-hybridized carbons (Fsp3) is 1.00. The standard InChI is InChI=1S/C8H17NO/c1-7-3-5-8(6-4-7)10-9-2/h7-9H,3-6H2,1-2H3. The third-order valence-corrected chi connectivity index (χ3v) is 2.25. The minimum atomic E-state index is 0.473. The summed E-state index contributed by atoms with van der Waals surface area (Å²) in [7, 11) is 1.83. The van der Waals surface area contributed by atoms with Gasteiger partial charge in [0.1, 0.15) is 0 Å². The molecule has 0 aromatic heterocycles. The van der Waals surface area contributed by atoms with Crippen LogP contribution in [0.4, 0.5) is 0 Å². The van der Waals surface area contributed by atoms with Crippen LogP contribution in [-0.2, 0) is 4.84 Å². The fourth-order valence-corrected chi connectivity index (χ4v) is 1.51. The maximum atomic E-state index is 5.28. The lowest BCUT2D eigenvalue weighted by Gasteiger charge is -2.25. The summed E-state index contributed by atoms with van der Waals surface area (Å²) in [4.78, 5) is 5.28. The third-order valence-electron chi connectivity index (χ3n) is 2.25. The Kier molecular flexibility index (Phi) is 3.16. The Balaban J connectivity index is 2.13. The Hall–Kier alpha value is -0.0800. The van der Waals surface area contributed by atoms with E-state index in [2.05, 4.69) is 12.4 Å². The summed E-state index contributed by atoms with van der Waals surface area (Å²) in [6, 6.07) is 0. The SMILES string of the molecule is CNOC1CCC(C)CC1. The van der Waals surface area contributed by atoms with Gasteiger partial charge in [0.2, 0.25) is 0 Å². The van der Waals surface area contributed by atoms with Gasteiger partial charge in [-0.05, 0) is 31.6 Å². The molecule has 2 nitrogen and oxygen atoms in total. The van der Waals surface area contributed by atoms with Gasteiger partial charge in [-0.3, -0.25) is 4.84 Å². The molecule has 1 aliphatic carbocycles. The number of hydrogen-bond acceptors (Lipinski definition) is 2. The Morgan fingerprint density at radius 1 is 1.20 bits per heavy atom. The van der Waals surface area contributed by atoms with E-state index in [0.29, 0.717) is 6.10 Å². The van der Waals surface area contributed by atoms with Crippen molar-refractivity contribution in [3.63, 3.8) is 0 Å². The maximum Gasteiger partial charge on any atom is 0.0790 e. The van der Waals surface area contributed by atoms with Crippen LogP contribution in [0.5, 0.6) is 0 Å². The summed E-state index contributed by atoms with van der Waals surface area (Å²) in [5.41, 5.74) is 2.75. The van der Waals surface area contributed by atoms with Crippen molar-refractivity contribution in [2.45, 2.75) is 38.7 Å². The molecule has 0 heterocycles. The van der Waals surface area contributed by atoms with Crippen molar-refractivity contribution >= 4 is 0 Å². The Bertz CT molecular complexity index is 87.3. The molecule has 0 radical (unpaired) electrons. The molecule has 0 spiro atoms. The lowest BCUT2D eigenvalue weighted by Crippen LogP contribution is -2.25. The highest BCUT2D eigenvalue weighted by Gasteiger charge is 2.17. The van der Waals surface area contributed by atoms with Gasteiger partial charge in [0.05, 0.1) is 6.10 Å². The number of hydroxylamine groups is 1. The van der Waals surface area contributed by atoms with E-state index < -0.39 is 0 Å². The topological polar surface area (TPSA) is 21.3 Å². The van der Waals surface area contributed by atoms with Gasteiger partial charge in [-0.15, -0.1) is 0 Å². The van der Waals surface area contributed by atoms with Crippen LogP contribution in [-0.4, -0.2) is 13.2 Å². The molecule has 0 saturated heterocycles. The molecule has 0 aromatic rings. The lowest BCUT2D eigenvalue weighted by molar-refractivity contribution is -0.0361. The van der Waals surface area contributed by atoms with Crippen LogP contribution in [0.1, 0.15) is 32.6 Å². The molecular weight excluding hydrogens is 126 g/mol. The van der Waals surface area contributed by atoms with Crippen LogP contribution in [0, 0.1) is 5.92 Å². The normalized spacial score (nSPS) is 34.2. The summed E-state index contributed by atoms with van der Waals surface area (Å²) in [5, 5.41) is 0. The van der Waals surface area contributed by atoms with Gasteiger partial charge < -0.3 is 0 Å². The van der Waals surface area contributed by atoms with Crippen LogP contribution < -0.4 is 5.48 Å². The molecule has 1 saturated carbocycles. The van der Waals surface area contributed by atoms with Gasteiger partial charge >= 0.3 is 0 Å². The molecular formula is C8H17NO. The van der Waals surface area contributed by atoms with E-state index in [4.69, 9.17) is 4.84 Å². The quantitative estimate of drug-likeness (QED) is 0.594. The summed E-state index contributed by atoms with van der Waals surface area (Å²) >= 11 is 0. The maximum absolute atomic E-state index is 5.28. The van der Waals surface area contributed by atoms with Crippen LogP contribution in [0.2, 0.25) is 0 Å². The predicted molar refractivity (Wildman–Crippen MR) is 41.6 cm³/mol. The summed E-state index contributed by atoms with van der Waals surface area (Å²) in [6.45, 7) is 2.32. The Morgan fingerprint density at radius 3 is 2.30 bits per heavy atom. The first kappa shape index (κ1) is 8.02. The zero-order valence-electron chi connectivity index (χ0n) is 6.89. The number of nitrogens with one attached hydrogen (secondary N) is 1. The third kappa shape index (κ3) is 2.27. The first-order valence-electron chi connectivity index (χ1n) is 4.15. The molecule has 0 unspecified atom stereocenters. The van der Waals surface area contributed by atoms with Crippen molar-refractivity contribution in [3.8, 4) is 0 Å². The highest BCUT2D eigenvalue weighted by atomic mass is 16.7. The Labute approximate surface area is 62.9 Å². The van der Waals surface area contributed by atoms with E-state index in [1.807, 2.05) is 7.05 Å². The zero-order valence-corrected chi connectivity index (χ0v) is 6.89. The smallest absolute Gasteiger partial charge is 0.0790 e. The lowest BCUT2D eigenvalue weighted by atomic mass is 9.89. The van der Waals surface area contributed by atoms with Gasteiger partial charge in [-0.2, -0.15) is 0 Å². The molecule has 0 aliphatic heterocycles. The molecule has 1 aliphatic rings. The molecule has 60 valence electrons. The largest absolute Gasteiger partial charge is 0.299 e. The van der Waals surface area contributed by atoms with Gasteiger partial charge in [-0.1, -0.05) is 6.92 Å². The van der Waals surface area contributed by atoms with Crippen LogP contribution >= 0.6 is 0 Å². The van der Waals surface area contributed by atoms with Crippen LogP contribution in [0.25, 0.3) is 0 Å². The molecule has 0 atom stereocenters. The van der Waals surface area contributed by atoms with Gasteiger partial charge in [0.15, 0.2) is 0 Å². The van der Waals surface area contributed by atoms with Gasteiger partial charge in [0.25, 0.3) is 0 Å². The van der Waals surface area contributed by atoms with Crippen molar-refractivity contribution in [2.75, 3.05) is 7.05 Å². The van der Waals surface area contributed by atoms with Crippen molar-refractivity contribution in [1.82, 2.24) is 5.48 Å². The van der Waals surface area contributed by atoms with Gasteiger partial charge in [-0.25, -0.2) is 5.48 Å². The van der Waals surface area contributed by atoms with E-state index >= 15 is 0 Å². The second-order valence-electron chi connectivity index (χ2n) is 3.20. The van der Waals surface area contributed by atoms with E-state index in [1.165, 1.54) is 25.7 Å². The monoisotopic (exact) mass is 143 g/mol. The van der Waals surface area contributed by atoms with Gasteiger partial charge in [0, 0.05) is 7.05 Å². The fourth-order valence-electron chi connectivity index (χ4n) is 1.51. The highest BCUT2D eigenvalue weighted by molar-refractivity contribution is 4.68. The second-order valence-corrected chi connectivity index (χ2v) is 3.20. The van der Waals surface area contributed by atoms with Crippen molar-refractivity contribution in [1.29, 1.82) is 0 Å². The minimum absolute atomic E-state index is 0.473. The van der Waals surface area contributed by atoms with E-state index in [1.54, 1.807) is 0 Å². The summed E-state index contributed by atoms with van der Waals surface area (Å²) < 4.78 is 0. The first-order valence-corrected chi connectivity index (χ1v) is 4.15. The Morgan fingerprint density at radius 2 is 1.80 bits per heavy atom. The van der Waals surface area contributed by atoms with Crippen LogP contribution in [0.3, 0.4) is 0 Å². The predicted octanol–water partition coefficient (Wildman–Crippen LogP) is 1.72. The minimum Gasteiger partial charge on any atom is -0.299 e. The molecule has 2 heteroatoms. The molecule has 1 N–H and O–H groups in total. The number of hydrogen-bond donors (Lipinski definition) is 1. The zero-order chi connectivity index (χ0) is 7.40. The molecule has 1 fully saturated rings. The summed E-state index contributed by atoms with van der Waals surface area (Å²) in [6.07, 6.45) is 5.57. The summed E-state index contributed by atoms with van der Waals surface area (Å²) in [5.74, 6) is 0.914. The van der Waals surface area contributed by atoms with Crippen molar-refractivity contribution in [2.24, 2.45) is 5.92 Å².